The van der Waals surface area contributed by atoms with Crippen molar-refractivity contribution >= 4 is 66.5 Å². The average Bonchev–Trinajstić information content (AvgIpc) is 3.02. The van der Waals surface area contributed by atoms with E-state index in [1.54, 1.807) is 40.8 Å². The maximum Gasteiger partial charge on any atom is 0.294 e. The number of anilines is 4. The molecule has 0 unspecified atom stereocenters. The molecular weight excluding hydrogens is 544 g/mol. The van der Waals surface area contributed by atoms with E-state index in [-0.39, 0.29) is 27.4 Å². The fourth-order valence-corrected chi connectivity index (χ4v) is 6.22. The highest BCUT2D eigenvalue weighted by Crippen LogP contribution is 2.52. The van der Waals surface area contributed by atoms with Crippen molar-refractivity contribution in [3.8, 4) is 11.5 Å². The number of hydrogen-bond donors (Lipinski definition) is 0. The van der Waals surface area contributed by atoms with E-state index in [2.05, 4.69) is 4.90 Å². The first-order valence-electron chi connectivity index (χ1n) is 13.7. The first kappa shape index (κ1) is 24.8. The molecule has 1 aliphatic heterocycles. The molecule has 0 saturated carbocycles. The van der Waals surface area contributed by atoms with Crippen molar-refractivity contribution in [2.45, 2.75) is 0 Å². The molecule has 0 spiro atoms. The van der Waals surface area contributed by atoms with Crippen molar-refractivity contribution in [1.82, 2.24) is 4.40 Å². The highest BCUT2D eigenvalue weighted by atomic mass is 16.6. The molecule has 0 aliphatic carbocycles. The number of nitrogens with zero attached hydrogens (tertiary/aromatic N) is 4. The molecule has 0 radical (unpaired) electrons. The summed E-state index contributed by atoms with van der Waals surface area (Å²) in [5.74, 6) is 1.09. The molecule has 2 aromatic heterocycles. The quantitative estimate of drug-likeness (QED) is 0.0973. The number of rotatable bonds is 3. The lowest BCUT2D eigenvalue weighted by molar-refractivity contribution is -0.383. The summed E-state index contributed by atoms with van der Waals surface area (Å²) in [6, 6.07) is 28.7. The van der Waals surface area contributed by atoms with Gasteiger partial charge in [0.25, 0.3) is 5.69 Å². The van der Waals surface area contributed by atoms with Gasteiger partial charge < -0.3 is 18.9 Å². The van der Waals surface area contributed by atoms with E-state index in [0.29, 0.717) is 44.4 Å². The second-order valence-electron chi connectivity index (χ2n) is 10.8. The summed E-state index contributed by atoms with van der Waals surface area (Å²) in [6.45, 7) is 0. The summed E-state index contributed by atoms with van der Waals surface area (Å²) in [4.78, 5) is 43.6. The second kappa shape index (κ2) is 8.77. The number of hydrogen-bond acceptors (Lipinski definition) is 7. The van der Waals surface area contributed by atoms with Gasteiger partial charge in [0, 0.05) is 53.8 Å². The number of aromatic nitrogens is 1. The average molecular weight is 567 g/mol. The predicted molar refractivity (Wildman–Crippen MR) is 169 cm³/mol. The van der Waals surface area contributed by atoms with Crippen LogP contribution in [0.3, 0.4) is 0 Å². The van der Waals surface area contributed by atoms with Gasteiger partial charge in [0.1, 0.15) is 5.52 Å². The van der Waals surface area contributed by atoms with Gasteiger partial charge in [-0.2, -0.15) is 0 Å². The Labute approximate surface area is 243 Å². The van der Waals surface area contributed by atoms with Crippen molar-refractivity contribution in [2.75, 3.05) is 23.9 Å². The number of benzene rings is 5. The van der Waals surface area contributed by atoms with Crippen LogP contribution in [0.5, 0.6) is 11.5 Å². The molecule has 0 bridgehead atoms. The first-order valence-corrected chi connectivity index (χ1v) is 13.7. The number of non-ortho nitro benzene ring substituents is 1. The number of nitro benzene ring substituents is 1. The van der Waals surface area contributed by atoms with Gasteiger partial charge in [-0.15, -0.1) is 0 Å². The Morgan fingerprint density at radius 2 is 1.35 bits per heavy atom. The van der Waals surface area contributed by atoms with Crippen molar-refractivity contribution in [1.29, 1.82) is 0 Å². The van der Waals surface area contributed by atoms with Gasteiger partial charge in [-0.1, -0.05) is 30.3 Å². The molecule has 9 heteroatoms. The molecule has 43 heavy (non-hydrogen) atoms. The minimum Gasteiger partial charge on any atom is -0.453 e. The van der Waals surface area contributed by atoms with Crippen LogP contribution in [0.1, 0.15) is 0 Å². The lowest BCUT2D eigenvalue weighted by Crippen LogP contribution is -2.19. The molecule has 208 valence electrons. The van der Waals surface area contributed by atoms with Crippen molar-refractivity contribution in [2.24, 2.45) is 0 Å². The molecule has 0 amide bonds. The zero-order valence-electron chi connectivity index (χ0n) is 23.1. The fourth-order valence-electron chi connectivity index (χ4n) is 6.22. The molecule has 0 saturated heterocycles. The first-order chi connectivity index (χ1) is 20.8. The summed E-state index contributed by atoms with van der Waals surface area (Å²) in [6.07, 6.45) is 0. The number of fused-ring (bicyclic) bond motifs is 6. The van der Waals surface area contributed by atoms with Crippen molar-refractivity contribution in [3.63, 3.8) is 0 Å². The minimum absolute atomic E-state index is 0.137. The third-order valence-electron chi connectivity index (χ3n) is 8.17. The van der Waals surface area contributed by atoms with Crippen LogP contribution in [0, 0.1) is 10.1 Å². The van der Waals surface area contributed by atoms with Gasteiger partial charge in [-0.25, -0.2) is 0 Å². The topological polar surface area (TPSA) is 97.4 Å². The molecule has 9 nitrogen and oxygen atoms in total. The number of nitro groups is 1. The van der Waals surface area contributed by atoms with Gasteiger partial charge in [-0.05, 0) is 54.6 Å². The molecular formula is C34H22N4O5. The van der Waals surface area contributed by atoms with Gasteiger partial charge in [0.05, 0.1) is 32.7 Å². The SMILES string of the molecule is CN(C)c1ccc2c(c1)N(c1ccccc1)c1cc3c(=O)c4cccc5c(=O)c6cccc([N+](=O)[O-])c6n(c3cc1O2)c45. The van der Waals surface area contributed by atoms with E-state index in [4.69, 9.17) is 4.74 Å². The zero-order chi connectivity index (χ0) is 29.6. The number of ether oxygens (including phenoxy) is 1. The van der Waals surface area contributed by atoms with E-state index < -0.39 is 4.92 Å². The third kappa shape index (κ3) is 3.39. The van der Waals surface area contributed by atoms with E-state index in [1.165, 1.54) is 12.1 Å². The van der Waals surface area contributed by atoms with Crippen LogP contribution in [-0.2, 0) is 0 Å². The van der Waals surface area contributed by atoms with Crippen LogP contribution >= 0.6 is 0 Å². The second-order valence-corrected chi connectivity index (χ2v) is 10.8. The van der Waals surface area contributed by atoms with Gasteiger partial charge >= 0.3 is 0 Å². The minimum atomic E-state index is -0.500. The Hall–Kier alpha value is -5.96. The monoisotopic (exact) mass is 566 g/mol. The smallest absolute Gasteiger partial charge is 0.294 e. The van der Waals surface area contributed by atoms with Gasteiger partial charge in [0.15, 0.2) is 22.4 Å². The summed E-state index contributed by atoms with van der Waals surface area (Å²) in [7, 11) is 3.93. The van der Waals surface area contributed by atoms with Crippen molar-refractivity contribution < 1.29 is 9.66 Å². The van der Waals surface area contributed by atoms with Crippen LogP contribution in [0.25, 0.3) is 38.1 Å². The Kier molecular flexibility index (Phi) is 5.06. The molecule has 0 fully saturated rings. The Morgan fingerprint density at radius 3 is 2.05 bits per heavy atom. The molecule has 8 rings (SSSR count). The Balaban J connectivity index is 1.56. The number of pyridine rings is 2. The zero-order valence-corrected chi connectivity index (χ0v) is 23.1. The maximum atomic E-state index is 14.2. The van der Waals surface area contributed by atoms with E-state index in [1.807, 2.05) is 67.5 Å². The van der Waals surface area contributed by atoms with E-state index in [9.17, 15) is 19.7 Å². The standard InChI is InChI=1S/C34H22N4O5/c1-35(2)20-14-15-29-27(16-20)36(19-8-4-3-5-9-19)28-17-24-26(18-30(28)43-29)37-31-21(10-6-11-22(31)34(24)40)33(39)23-12-7-13-25(32(23)37)38(41)42/h3-18H,1-2H3. The molecule has 3 heterocycles. The molecule has 7 aromatic rings. The lowest BCUT2D eigenvalue weighted by Gasteiger charge is -2.34. The summed E-state index contributed by atoms with van der Waals surface area (Å²) in [5.41, 5.74) is 3.34. The third-order valence-corrected chi connectivity index (χ3v) is 8.17. The summed E-state index contributed by atoms with van der Waals surface area (Å²) >= 11 is 0. The highest BCUT2D eigenvalue weighted by Gasteiger charge is 2.29. The van der Waals surface area contributed by atoms with E-state index >= 15 is 0 Å². The maximum absolute atomic E-state index is 14.2. The predicted octanol–water partition coefficient (Wildman–Crippen LogP) is 7.11. The normalized spacial score (nSPS) is 12.5. The van der Waals surface area contributed by atoms with Gasteiger partial charge in [-0.3, -0.25) is 19.7 Å². The number of para-hydroxylation sites is 3. The molecule has 5 aromatic carbocycles. The van der Waals surface area contributed by atoms with Crippen LogP contribution in [0.15, 0.2) is 107 Å². The lowest BCUT2D eigenvalue weighted by atomic mass is 10.0. The molecule has 0 atom stereocenters. The van der Waals surface area contributed by atoms with Crippen LogP contribution in [-0.4, -0.2) is 23.4 Å². The van der Waals surface area contributed by atoms with Crippen LogP contribution in [0.4, 0.5) is 28.4 Å². The Morgan fingerprint density at radius 1 is 0.698 bits per heavy atom. The van der Waals surface area contributed by atoms with Crippen LogP contribution < -0.4 is 25.4 Å². The largest absolute Gasteiger partial charge is 0.453 e. The van der Waals surface area contributed by atoms with Crippen LogP contribution in [0.2, 0.25) is 0 Å². The summed E-state index contributed by atoms with van der Waals surface area (Å²) in [5, 5.41) is 13.4. The fraction of sp³-hybridized carbons (Fsp3) is 0.0588. The molecule has 1 aliphatic rings. The van der Waals surface area contributed by atoms with E-state index in [0.717, 1.165) is 17.1 Å². The van der Waals surface area contributed by atoms with Gasteiger partial charge in [0.2, 0.25) is 0 Å². The van der Waals surface area contributed by atoms with Crippen molar-refractivity contribution in [3.05, 3.63) is 128 Å². The summed E-state index contributed by atoms with van der Waals surface area (Å²) < 4.78 is 8.16. The Bertz CT molecular complexity index is 2440. The molecule has 0 N–H and O–H groups in total. The highest BCUT2D eigenvalue weighted by molar-refractivity contribution is 6.10.